The fourth-order valence-corrected chi connectivity index (χ4v) is 6.29. The van der Waals surface area contributed by atoms with Crippen LogP contribution in [0, 0.1) is 0 Å². The zero-order valence-corrected chi connectivity index (χ0v) is 21.2. The van der Waals surface area contributed by atoms with Crippen LogP contribution in [0.4, 0.5) is 9.18 Å². The molecule has 2 saturated heterocycles. The topological polar surface area (TPSA) is 71.4 Å². The maximum absolute atomic E-state index is 15.1. The number of amides is 1. The Bertz CT molecular complexity index is 978. The van der Waals surface area contributed by atoms with E-state index in [4.69, 9.17) is 12.2 Å². The lowest BCUT2D eigenvalue weighted by Gasteiger charge is -2.44. The van der Waals surface area contributed by atoms with Crippen molar-refractivity contribution in [1.82, 2.24) is 20.0 Å². The first-order valence-corrected chi connectivity index (χ1v) is 13.1. The zero-order chi connectivity index (χ0) is 24.2. The number of halogens is 1. The van der Waals surface area contributed by atoms with Crippen LogP contribution in [0.2, 0.25) is 0 Å². The summed E-state index contributed by atoms with van der Waals surface area (Å²) in [5, 5.41) is 14.2. The van der Waals surface area contributed by atoms with Gasteiger partial charge in [-0.05, 0) is 48.5 Å². The Balaban J connectivity index is 1.63. The summed E-state index contributed by atoms with van der Waals surface area (Å²) in [6.07, 6.45) is 0.110. The number of rotatable bonds is 5. The van der Waals surface area contributed by atoms with Crippen LogP contribution >= 0.6 is 24.0 Å². The Morgan fingerprint density at radius 3 is 2.71 bits per heavy atom. The molecule has 1 aromatic carbocycles. The molecular formula is C24H32FN5O2S2. The lowest BCUT2D eigenvalue weighted by atomic mass is 9.87. The monoisotopic (exact) mass is 505 g/mol. The number of hydrogen-bond acceptors (Lipinski definition) is 6. The summed E-state index contributed by atoms with van der Waals surface area (Å²) in [5.74, 6) is 0. The van der Waals surface area contributed by atoms with Crippen molar-refractivity contribution in [2.24, 2.45) is 4.99 Å². The standard InChI is InChI=1S/C24H32FN5O2S2/c1-3-28(4-2)20-14-19(30(24(31)32)15-18(20)25)17-8-6-5-7-16(17)13-21-22(33)27-23(34-21)29-11-9-26-10-12-29/h5-8,13,18-20,26H,3-4,9-12,14-15H2,1-2H3,(H,31,32)/b21-13-. The average Bonchev–Trinajstić information content (AvgIpc) is 3.21. The Kier molecular flexibility index (Phi) is 8.23. The number of alkyl halides is 1. The van der Waals surface area contributed by atoms with Crippen molar-refractivity contribution in [3.8, 4) is 0 Å². The lowest BCUT2D eigenvalue weighted by Crippen LogP contribution is -2.54. The second-order valence-corrected chi connectivity index (χ2v) is 10.1. The number of nitrogens with one attached hydrogen (secondary N) is 1. The van der Waals surface area contributed by atoms with Gasteiger partial charge in [-0.25, -0.2) is 14.2 Å². The molecule has 0 saturated carbocycles. The van der Waals surface area contributed by atoms with Gasteiger partial charge in [0.1, 0.15) is 11.2 Å². The van der Waals surface area contributed by atoms with E-state index < -0.39 is 18.3 Å². The molecule has 3 aliphatic heterocycles. The molecule has 3 heterocycles. The average molecular weight is 506 g/mol. The van der Waals surface area contributed by atoms with Crippen LogP contribution in [0.5, 0.6) is 0 Å². The van der Waals surface area contributed by atoms with Crippen molar-refractivity contribution < 1.29 is 14.3 Å². The first-order chi connectivity index (χ1) is 16.4. The third kappa shape index (κ3) is 5.30. The molecule has 2 fully saturated rings. The van der Waals surface area contributed by atoms with Gasteiger partial charge in [0.05, 0.1) is 17.5 Å². The number of benzene rings is 1. The van der Waals surface area contributed by atoms with Crippen LogP contribution in [-0.4, -0.2) is 94.1 Å². The smallest absolute Gasteiger partial charge is 0.407 e. The molecule has 7 nitrogen and oxygen atoms in total. The van der Waals surface area contributed by atoms with Crippen LogP contribution in [0.3, 0.4) is 0 Å². The Morgan fingerprint density at radius 1 is 1.32 bits per heavy atom. The van der Waals surface area contributed by atoms with E-state index in [1.807, 2.05) is 44.2 Å². The van der Waals surface area contributed by atoms with Crippen molar-refractivity contribution in [2.75, 3.05) is 45.8 Å². The number of thiocarbonyl (C=S) groups is 1. The molecule has 0 spiro atoms. The number of nitrogens with zero attached hydrogens (tertiary/aromatic N) is 4. The molecule has 1 aromatic rings. The van der Waals surface area contributed by atoms with Gasteiger partial charge in [-0.2, -0.15) is 0 Å². The van der Waals surface area contributed by atoms with Crippen molar-refractivity contribution in [1.29, 1.82) is 0 Å². The molecule has 2 N–H and O–H groups in total. The van der Waals surface area contributed by atoms with Crippen LogP contribution in [-0.2, 0) is 0 Å². The summed E-state index contributed by atoms with van der Waals surface area (Å²) in [6.45, 7) is 8.98. The maximum Gasteiger partial charge on any atom is 0.407 e. The van der Waals surface area contributed by atoms with Gasteiger partial charge >= 0.3 is 6.09 Å². The summed E-state index contributed by atoms with van der Waals surface area (Å²) in [4.78, 5) is 23.7. The Hall–Kier alpha value is -2.01. The summed E-state index contributed by atoms with van der Waals surface area (Å²) >= 11 is 7.14. The highest BCUT2D eigenvalue weighted by Crippen LogP contribution is 2.38. The lowest BCUT2D eigenvalue weighted by molar-refractivity contribution is 0.0104. The van der Waals surface area contributed by atoms with Gasteiger partial charge in [-0.3, -0.25) is 9.80 Å². The minimum absolute atomic E-state index is 0.129. The fraction of sp³-hybridized carbons (Fsp3) is 0.542. The molecule has 3 atom stereocenters. The Labute approximate surface area is 210 Å². The van der Waals surface area contributed by atoms with Crippen molar-refractivity contribution in [3.05, 3.63) is 40.3 Å². The van der Waals surface area contributed by atoms with Crippen LogP contribution in [0.15, 0.2) is 34.2 Å². The highest BCUT2D eigenvalue weighted by Gasteiger charge is 2.41. The van der Waals surface area contributed by atoms with Crippen molar-refractivity contribution >= 4 is 46.3 Å². The summed E-state index contributed by atoms with van der Waals surface area (Å²) in [6, 6.07) is 7.02. The predicted octanol–water partition coefficient (Wildman–Crippen LogP) is 3.84. The molecule has 4 rings (SSSR count). The number of amidine groups is 1. The molecule has 10 heteroatoms. The Morgan fingerprint density at radius 2 is 2.03 bits per heavy atom. The van der Waals surface area contributed by atoms with E-state index in [9.17, 15) is 9.90 Å². The minimum Gasteiger partial charge on any atom is -0.465 e. The largest absolute Gasteiger partial charge is 0.465 e. The normalized spacial score (nSPS) is 26.9. The number of aliphatic imine (C=N–C) groups is 1. The molecule has 0 bridgehead atoms. The van der Waals surface area contributed by atoms with Gasteiger partial charge in [-0.15, -0.1) is 0 Å². The third-order valence-corrected chi connectivity index (χ3v) is 8.30. The highest BCUT2D eigenvalue weighted by molar-refractivity contribution is 8.19. The van der Waals surface area contributed by atoms with E-state index in [0.717, 1.165) is 60.5 Å². The van der Waals surface area contributed by atoms with E-state index in [1.165, 1.54) is 4.90 Å². The van der Waals surface area contributed by atoms with E-state index in [0.29, 0.717) is 11.4 Å². The molecule has 3 aliphatic rings. The van der Waals surface area contributed by atoms with Gasteiger partial charge in [-0.1, -0.05) is 50.3 Å². The van der Waals surface area contributed by atoms with E-state index in [-0.39, 0.29) is 12.6 Å². The zero-order valence-electron chi connectivity index (χ0n) is 19.6. The molecule has 0 aliphatic carbocycles. The maximum atomic E-state index is 15.1. The van der Waals surface area contributed by atoms with Crippen LogP contribution in [0.1, 0.15) is 37.4 Å². The van der Waals surface area contributed by atoms with Gasteiger partial charge in [0, 0.05) is 32.2 Å². The number of carboxylic acid groups (broad SMARTS) is 1. The van der Waals surface area contributed by atoms with Gasteiger partial charge in [0.15, 0.2) is 5.17 Å². The van der Waals surface area contributed by atoms with Gasteiger partial charge in [0.2, 0.25) is 0 Å². The molecule has 34 heavy (non-hydrogen) atoms. The molecule has 0 radical (unpaired) electrons. The number of hydrogen-bond donors (Lipinski definition) is 2. The van der Waals surface area contributed by atoms with E-state index in [2.05, 4.69) is 20.1 Å². The minimum atomic E-state index is -1.22. The van der Waals surface area contributed by atoms with Crippen LogP contribution in [0.25, 0.3) is 6.08 Å². The van der Waals surface area contributed by atoms with Gasteiger partial charge in [0.25, 0.3) is 0 Å². The number of thioether (sulfide) groups is 1. The first-order valence-electron chi connectivity index (χ1n) is 11.9. The highest BCUT2D eigenvalue weighted by atomic mass is 32.2. The fourth-order valence-electron chi connectivity index (χ4n) is 4.99. The number of piperidine rings is 1. The second-order valence-electron chi connectivity index (χ2n) is 8.67. The van der Waals surface area contributed by atoms with Gasteiger partial charge < -0.3 is 15.3 Å². The number of carbonyl (C=O) groups is 1. The van der Waals surface area contributed by atoms with Crippen LogP contribution < -0.4 is 5.32 Å². The predicted molar refractivity (Wildman–Crippen MR) is 140 cm³/mol. The van der Waals surface area contributed by atoms with Crippen molar-refractivity contribution in [2.45, 2.75) is 38.5 Å². The van der Waals surface area contributed by atoms with E-state index >= 15 is 4.39 Å². The summed E-state index contributed by atoms with van der Waals surface area (Å²) in [5.41, 5.74) is 1.77. The summed E-state index contributed by atoms with van der Waals surface area (Å²) in [7, 11) is 0. The quantitative estimate of drug-likeness (QED) is 0.465. The second kappa shape index (κ2) is 11.2. The molecular weight excluding hydrogens is 473 g/mol. The number of piperazine rings is 1. The third-order valence-electron chi connectivity index (χ3n) is 6.80. The first kappa shape index (κ1) is 25.1. The molecule has 184 valence electrons. The number of likely N-dealkylation sites (tertiary alicyclic amines) is 1. The summed E-state index contributed by atoms with van der Waals surface area (Å²) < 4.78 is 15.1. The van der Waals surface area contributed by atoms with Crippen molar-refractivity contribution in [3.63, 3.8) is 0 Å². The molecule has 1 amide bonds. The molecule has 3 unspecified atom stereocenters. The van der Waals surface area contributed by atoms with E-state index in [1.54, 1.807) is 11.8 Å². The molecule has 0 aromatic heterocycles. The SMILES string of the molecule is CCN(CC)C1CC(c2ccccc2/C=C2\SC(N3CCNCC3)=NC2=S)N(C(=O)O)CC1F.